The molecule has 2 aromatic carbocycles. The maximum atomic E-state index is 13.1. The number of hydrogen-bond donors (Lipinski definition) is 0. The molecule has 2 rings (SSSR count). The van der Waals surface area contributed by atoms with E-state index in [1.54, 1.807) is 26.0 Å². The SMILES string of the molecule is CCN(CC)S(=O)(=O)c1ccc(/C=C/C(=O)OCC(=O)c2cccc(F)c2)cc1. The average molecular weight is 419 g/mol. The van der Waals surface area contributed by atoms with Gasteiger partial charge in [-0.25, -0.2) is 17.6 Å². The lowest BCUT2D eigenvalue weighted by atomic mass is 10.1. The molecule has 0 radical (unpaired) electrons. The van der Waals surface area contributed by atoms with Gasteiger partial charge in [0.15, 0.2) is 12.4 Å². The van der Waals surface area contributed by atoms with Crippen molar-refractivity contribution in [3.8, 4) is 0 Å². The summed E-state index contributed by atoms with van der Waals surface area (Å²) in [6, 6.07) is 11.2. The standard InChI is InChI=1S/C21H22FNO5S/c1-3-23(4-2)29(26,27)19-11-8-16(9-12-19)10-13-21(25)28-15-20(24)17-6-5-7-18(22)14-17/h5-14H,3-4,15H2,1-2H3/b13-10+. The van der Waals surface area contributed by atoms with Crippen molar-refractivity contribution in [2.45, 2.75) is 18.7 Å². The first-order valence-electron chi connectivity index (χ1n) is 9.01. The molecule has 0 bridgehead atoms. The number of carbonyl (C=O) groups is 2. The zero-order valence-electron chi connectivity index (χ0n) is 16.2. The predicted octanol–water partition coefficient (Wildman–Crippen LogP) is 3.30. The van der Waals surface area contributed by atoms with Gasteiger partial charge >= 0.3 is 5.97 Å². The molecule has 29 heavy (non-hydrogen) atoms. The number of rotatable bonds is 9. The minimum absolute atomic E-state index is 0.117. The van der Waals surface area contributed by atoms with Gasteiger partial charge in [0.25, 0.3) is 0 Å². The van der Waals surface area contributed by atoms with E-state index in [9.17, 15) is 22.4 Å². The number of esters is 1. The van der Waals surface area contributed by atoms with E-state index in [1.807, 2.05) is 0 Å². The zero-order chi connectivity index (χ0) is 21.4. The molecule has 0 aliphatic heterocycles. The van der Waals surface area contributed by atoms with Crippen molar-refractivity contribution < 1.29 is 27.1 Å². The molecule has 0 saturated carbocycles. The second-order valence-electron chi connectivity index (χ2n) is 6.03. The molecule has 0 spiro atoms. The number of Topliss-reactive ketones (excluding diaryl/α,β-unsaturated/α-hetero) is 1. The van der Waals surface area contributed by atoms with Gasteiger partial charge in [0.05, 0.1) is 4.90 Å². The number of nitrogens with zero attached hydrogens (tertiary/aromatic N) is 1. The van der Waals surface area contributed by atoms with E-state index in [-0.39, 0.29) is 10.5 Å². The minimum atomic E-state index is -3.54. The van der Waals surface area contributed by atoms with Crippen LogP contribution in [0.1, 0.15) is 29.8 Å². The summed E-state index contributed by atoms with van der Waals surface area (Å²) in [6.07, 6.45) is 2.58. The first-order valence-corrected chi connectivity index (χ1v) is 10.5. The van der Waals surface area contributed by atoms with Gasteiger partial charge in [-0.3, -0.25) is 4.79 Å². The van der Waals surface area contributed by atoms with Crippen molar-refractivity contribution in [1.82, 2.24) is 4.31 Å². The van der Waals surface area contributed by atoms with Gasteiger partial charge in [-0.15, -0.1) is 0 Å². The number of sulfonamides is 1. The summed E-state index contributed by atoms with van der Waals surface area (Å²) in [4.78, 5) is 23.8. The van der Waals surface area contributed by atoms with Crippen molar-refractivity contribution in [1.29, 1.82) is 0 Å². The van der Waals surface area contributed by atoms with Crippen molar-refractivity contribution in [2.24, 2.45) is 0 Å². The minimum Gasteiger partial charge on any atom is -0.454 e. The molecule has 154 valence electrons. The molecule has 0 fully saturated rings. The fourth-order valence-corrected chi connectivity index (χ4v) is 4.02. The Morgan fingerprint density at radius 2 is 1.72 bits per heavy atom. The largest absolute Gasteiger partial charge is 0.454 e. The first kappa shape index (κ1) is 22.4. The van der Waals surface area contributed by atoms with E-state index < -0.39 is 34.2 Å². The molecular formula is C21H22FNO5S. The van der Waals surface area contributed by atoms with Crippen LogP contribution >= 0.6 is 0 Å². The Morgan fingerprint density at radius 1 is 1.07 bits per heavy atom. The summed E-state index contributed by atoms with van der Waals surface area (Å²) >= 11 is 0. The van der Waals surface area contributed by atoms with E-state index in [1.165, 1.54) is 40.7 Å². The third-order valence-electron chi connectivity index (χ3n) is 4.13. The normalized spacial score (nSPS) is 11.7. The van der Waals surface area contributed by atoms with Gasteiger partial charge in [0.2, 0.25) is 10.0 Å². The number of halogens is 1. The van der Waals surface area contributed by atoms with Crippen molar-refractivity contribution in [3.63, 3.8) is 0 Å². The number of carbonyl (C=O) groups excluding carboxylic acids is 2. The molecule has 0 aromatic heterocycles. The predicted molar refractivity (Wildman–Crippen MR) is 107 cm³/mol. The highest BCUT2D eigenvalue weighted by Gasteiger charge is 2.20. The number of ether oxygens (including phenoxy) is 1. The summed E-state index contributed by atoms with van der Waals surface area (Å²) in [5.41, 5.74) is 0.712. The molecule has 0 amide bonds. The molecule has 0 atom stereocenters. The monoisotopic (exact) mass is 419 g/mol. The number of hydrogen-bond acceptors (Lipinski definition) is 5. The van der Waals surface area contributed by atoms with Crippen LogP contribution in [0.4, 0.5) is 4.39 Å². The smallest absolute Gasteiger partial charge is 0.331 e. The Balaban J connectivity index is 1.96. The van der Waals surface area contributed by atoms with Crippen LogP contribution in [0.5, 0.6) is 0 Å². The van der Waals surface area contributed by atoms with Crippen LogP contribution < -0.4 is 0 Å². The molecule has 0 aliphatic carbocycles. The van der Waals surface area contributed by atoms with Crippen LogP contribution in [-0.2, 0) is 19.6 Å². The third kappa shape index (κ3) is 6.07. The van der Waals surface area contributed by atoms with Gasteiger partial charge in [-0.2, -0.15) is 4.31 Å². The van der Waals surface area contributed by atoms with E-state index in [0.29, 0.717) is 18.7 Å². The van der Waals surface area contributed by atoms with E-state index in [4.69, 9.17) is 4.74 Å². The highest BCUT2D eigenvalue weighted by molar-refractivity contribution is 7.89. The van der Waals surface area contributed by atoms with E-state index in [0.717, 1.165) is 12.1 Å². The fraction of sp³-hybridized carbons (Fsp3) is 0.238. The molecule has 6 nitrogen and oxygen atoms in total. The molecule has 0 N–H and O–H groups in total. The fourth-order valence-electron chi connectivity index (χ4n) is 2.56. The molecule has 0 aliphatic rings. The second-order valence-corrected chi connectivity index (χ2v) is 7.97. The van der Waals surface area contributed by atoms with Gasteiger partial charge in [-0.1, -0.05) is 38.1 Å². The average Bonchev–Trinajstić information content (AvgIpc) is 2.71. The Kier molecular flexibility index (Phi) is 7.81. The van der Waals surface area contributed by atoms with Gasteiger partial charge in [-0.05, 0) is 35.9 Å². The summed E-state index contributed by atoms with van der Waals surface area (Å²) in [5.74, 6) is -1.81. The topological polar surface area (TPSA) is 80.8 Å². The second kappa shape index (κ2) is 10.1. The van der Waals surface area contributed by atoms with E-state index in [2.05, 4.69) is 0 Å². The van der Waals surface area contributed by atoms with Crippen LogP contribution in [0, 0.1) is 5.82 Å². The Bertz CT molecular complexity index is 996. The Hall–Kier alpha value is -2.84. The maximum absolute atomic E-state index is 13.1. The highest BCUT2D eigenvalue weighted by atomic mass is 32.2. The van der Waals surface area contributed by atoms with Crippen LogP contribution in [0.25, 0.3) is 6.08 Å². The first-order chi connectivity index (χ1) is 13.8. The highest BCUT2D eigenvalue weighted by Crippen LogP contribution is 2.16. The molecule has 0 unspecified atom stereocenters. The van der Waals surface area contributed by atoms with Crippen molar-refractivity contribution in [2.75, 3.05) is 19.7 Å². The quantitative estimate of drug-likeness (QED) is 0.354. The molecule has 2 aromatic rings. The van der Waals surface area contributed by atoms with Gasteiger partial charge in [0.1, 0.15) is 5.82 Å². The molecular weight excluding hydrogens is 397 g/mol. The third-order valence-corrected chi connectivity index (χ3v) is 6.19. The lowest BCUT2D eigenvalue weighted by Gasteiger charge is -2.18. The Morgan fingerprint density at radius 3 is 2.31 bits per heavy atom. The van der Waals surface area contributed by atoms with Crippen LogP contribution in [0.3, 0.4) is 0 Å². The number of ketones is 1. The molecule has 8 heteroatoms. The van der Waals surface area contributed by atoms with Gasteiger partial charge in [0, 0.05) is 24.7 Å². The van der Waals surface area contributed by atoms with Gasteiger partial charge < -0.3 is 4.74 Å². The summed E-state index contributed by atoms with van der Waals surface area (Å²) < 4.78 is 44.2. The summed E-state index contributed by atoms with van der Waals surface area (Å²) in [5, 5.41) is 0. The van der Waals surface area contributed by atoms with Crippen molar-refractivity contribution >= 4 is 27.9 Å². The molecule has 0 heterocycles. The number of benzene rings is 2. The lowest BCUT2D eigenvalue weighted by Crippen LogP contribution is -2.30. The summed E-state index contributed by atoms with van der Waals surface area (Å²) in [6.45, 7) is 3.78. The van der Waals surface area contributed by atoms with E-state index >= 15 is 0 Å². The lowest BCUT2D eigenvalue weighted by molar-refractivity contribution is -0.136. The maximum Gasteiger partial charge on any atom is 0.331 e. The zero-order valence-corrected chi connectivity index (χ0v) is 17.0. The van der Waals surface area contributed by atoms with Crippen LogP contribution in [0.2, 0.25) is 0 Å². The van der Waals surface area contributed by atoms with Crippen LogP contribution in [-0.4, -0.2) is 44.2 Å². The molecule has 0 saturated heterocycles. The van der Waals surface area contributed by atoms with Crippen LogP contribution in [0.15, 0.2) is 59.5 Å². The summed E-state index contributed by atoms with van der Waals surface area (Å²) in [7, 11) is -3.54. The van der Waals surface area contributed by atoms with Crippen molar-refractivity contribution in [3.05, 3.63) is 71.6 Å². The Labute approximate surface area is 169 Å².